The highest BCUT2D eigenvalue weighted by Gasteiger charge is 2.42. The maximum Gasteiger partial charge on any atom is 0.235 e. The van der Waals surface area contributed by atoms with E-state index in [-0.39, 0.29) is 18.0 Å². The molecule has 2 heterocycles. The molecule has 3 aromatic rings. The molecule has 1 aliphatic rings. The molecule has 0 spiro atoms. The van der Waals surface area contributed by atoms with Crippen LogP contribution in [0.25, 0.3) is 0 Å². The number of hydrogen-bond acceptors (Lipinski definition) is 4. The molecule has 0 aliphatic carbocycles. The summed E-state index contributed by atoms with van der Waals surface area (Å²) in [6.07, 6.45) is 2.13. The van der Waals surface area contributed by atoms with Crippen LogP contribution in [0.4, 0.5) is 5.95 Å². The standard InChI is InChI=1S/C23H25ClN4O2/c1-23(2,3)21(29)27-19(15-9-11-16(30-4)12-10-15)13-20(28-22(27)25-14-26-28)17-7-5-6-8-18(17)24/h5-12,14,19-20H,13H2,1-4H3. The van der Waals surface area contributed by atoms with Crippen LogP contribution in [-0.4, -0.2) is 27.8 Å². The first-order chi connectivity index (χ1) is 14.3. The van der Waals surface area contributed by atoms with Crippen molar-refractivity contribution in [3.8, 4) is 5.75 Å². The Morgan fingerprint density at radius 1 is 1.10 bits per heavy atom. The molecule has 0 saturated carbocycles. The molecule has 0 saturated heterocycles. The smallest absolute Gasteiger partial charge is 0.235 e. The van der Waals surface area contributed by atoms with Crippen LogP contribution in [0.1, 0.15) is 50.4 Å². The fourth-order valence-electron chi connectivity index (χ4n) is 3.90. The molecule has 1 aliphatic heterocycles. The van der Waals surface area contributed by atoms with Gasteiger partial charge in [-0.25, -0.2) is 4.68 Å². The topological polar surface area (TPSA) is 60.2 Å². The van der Waals surface area contributed by atoms with Gasteiger partial charge in [0.1, 0.15) is 12.1 Å². The fraction of sp³-hybridized carbons (Fsp3) is 0.348. The number of halogens is 1. The minimum atomic E-state index is -0.571. The largest absolute Gasteiger partial charge is 0.497 e. The predicted octanol–water partition coefficient (Wildman–Crippen LogP) is 5.05. The van der Waals surface area contributed by atoms with Crippen LogP contribution < -0.4 is 9.64 Å². The minimum Gasteiger partial charge on any atom is -0.497 e. The van der Waals surface area contributed by atoms with Gasteiger partial charge < -0.3 is 4.74 Å². The van der Waals surface area contributed by atoms with E-state index in [1.165, 1.54) is 6.33 Å². The van der Waals surface area contributed by atoms with Gasteiger partial charge in [-0.15, -0.1) is 0 Å². The fourth-order valence-corrected chi connectivity index (χ4v) is 4.16. The molecule has 0 fully saturated rings. The zero-order valence-electron chi connectivity index (χ0n) is 17.5. The van der Waals surface area contributed by atoms with E-state index in [0.29, 0.717) is 17.4 Å². The Kier molecular flexibility index (Phi) is 5.28. The average Bonchev–Trinajstić information content (AvgIpc) is 3.22. The van der Waals surface area contributed by atoms with Crippen molar-refractivity contribution in [2.75, 3.05) is 12.0 Å². The third-order valence-corrected chi connectivity index (χ3v) is 5.79. The second-order valence-electron chi connectivity index (χ2n) is 8.49. The van der Waals surface area contributed by atoms with E-state index < -0.39 is 5.41 Å². The second-order valence-corrected chi connectivity index (χ2v) is 8.90. The van der Waals surface area contributed by atoms with Gasteiger partial charge in [-0.1, -0.05) is 62.7 Å². The van der Waals surface area contributed by atoms with E-state index in [1.807, 2.05) is 74.0 Å². The molecule has 1 amide bonds. The van der Waals surface area contributed by atoms with Crippen LogP contribution in [0.2, 0.25) is 5.02 Å². The number of anilines is 1. The van der Waals surface area contributed by atoms with Crippen LogP contribution in [0, 0.1) is 5.41 Å². The highest BCUT2D eigenvalue weighted by atomic mass is 35.5. The zero-order valence-corrected chi connectivity index (χ0v) is 18.3. The number of fused-ring (bicyclic) bond motifs is 1. The number of carbonyl (C=O) groups excluding carboxylic acids is 1. The van der Waals surface area contributed by atoms with Gasteiger partial charge in [-0.3, -0.25) is 9.69 Å². The summed E-state index contributed by atoms with van der Waals surface area (Å²) < 4.78 is 7.12. The Balaban J connectivity index is 1.87. The first-order valence-electron chi connectivity index (χ1n) is 9.93. The van der Waals surface area contributed by atoms with Gasteiger partial charge in [0.2, 0.25) is 11.9 Å². The van der Waals surface area contributed by atoms with Gasteiger partial charge in [0, 0.05) is 10.4 Å². The van der Waals surface area contributed by atoms with Crippen LogP contribution in [0.5, 0.6) is 5.75 Å². The molecule has 0 N–H and O–H groups in total. The number of carbonyl (C=O) groups is 1. The first-order valence-corrected chi connectivity index (χ1v) is 10.3. The molecule has 2 aromatic carbocycles. The number of hydrogen-bond donors (Lipinski definition) is 0. The SMILES string of the molecule is COc1ccc(C2CC(c3ccccc3Cl)n3ncnc3N2C(=O)C(C)(C)C)cc1. The third-order valence-electron chi connectivity index (χ3n) is 5.45. The third kappa shape index (κ3) is 3.56. The summed E-state index contributed by atoms with van der Waals surface area (Å²) in [6.45, 7) is 5.75. The van der Waals surface area contributed by atoms with Crippen LogP contribution >= 0.6 is 11.6 Å². The van der Waals surface area contributed by atoms with Crippen molar-refractivity contribution in [1.82, 2.24) is 14.8 Å². The van der Waals surface area contributed by atoms with Crippen molar-refractivity contribution in [2.45, 2.75) is 39.3 Å². The Hall–Kier alpha value is -2.86. The van der Waals surface area contributed by atoms with Crippen molar-refractivity contribution in [3.63, 3.8) is 0 Å². The van der Waals surface area contributed by atoms with Crippen molar-refractivity contribution < 1.29 is 9.53 Å². The van der Waals surface area contributed by atoms with E-state index in [9.17, 15) is 4.79 Å². The van der Waals surface area contributed by atoms with E-state index in [2.05, 4.69) is 10.1 Å². The van der Waals surface area contributed by atoms with Crippen LogP contribution in [0.3, 0.4) is 0 Å². The number of benzene rings is 2. The molecule has 2 unspecified atom stereocenters. The number of rotatable bonds is 3. The number of ether oxygens (including phenoxy) is 1. The maximum absolute atomic E-state index is 13.5. The van der Waals surface area contributed by atoms with Gasteiger partial charge in [0.25, 0.3) is 0 Å². The molecule has 2 atom stereocenters. The minimum absolute atomic E-state index is 0.00447. The molecule has 6 nitrogen and oxygen atoms in total. The highest BCUT2D eigenvalue weighted by Crippen LogP contribution is 2.44. The monoisotopic (exact) mass is 424 g/mol. The van der Waals surface area contributed by atoms with Crippen molar-refractivity contribution in [1.29, 1.82) is 0 Å². The van der Waals surface area contributed by atoms with Crippen molar-refractivity contribution in [2.24, 2.45) is 5.41 Å². The van der Waals surface area contributed by atoms with Crippen LogP contribution in [-0.2, 0) is 4.79 Å². The average molecular weight is 425 g/mol. The van der Waals surface area contributed by atoms with Crippen LogP contribution in [0.15, 0.2) is 54.9 Å². The molecule has 4 rings (SSSR count). The molecule has 1 aromatic heterocycles. The van der Waals surface area contributed by atoms with Gasteiger partial charge in [-0.2, -0.15) is 10.1 Å². The Bertz CT molecular complexity index is 1060. The Morgan fingerprint density at radius 3 is 2.43 bits per heavy atom. The second kappa shape index (κ2) is 7.76. The summed E-state index contributed by atoms with van der Waals surface area (Å²) in [6, 6.07) is 15.3. The lowest BCUT2D eigenvalue weighted by molar-refractivity contribution is -0.126. The lowest BCUT2D eigenvalue weighted by Gasteiger charge is -2.41. The molecule has 0 bridgehead atoms. The molecule has 30 heavy (non-hydrogen) atoms. The van der Waals surface area contributed by atoms with E-state index in [0.717, 1.165) is 16.9 Å². The summed E-state index contributed by atoms with van der Waals surface area (Å²) in [5, 5.41) is 5.13. The first kappa shape index (κ1) is 20.4. The maximum atomic E-state index is 13.5. The molecular formula is C23H25ClN4O2. The lowest BCUT2D eigenvalue weighted by atomic mass is 9.88. The summed E-state index contributed by atoms with van der Waals surface area (Å²) in [5.74, 6) is 1.30. The van der Waals surface area contributed by atoms with Gasteiger partial charge in [-0.05, 0) is 35.7 Å². The Morgan fingerprint density at radius 2 is 1.80 bits per heavy atom. The van der Waals surface area contributed by atoms with Gasteiger partial charge in [0.05, 0.1) is 19.2 Å². The summed E-state index contributed by atoms with van der Waals surface area (Å²) in [4.78, 5) is 19.7. The molecule has 7 heteroatoms. The molecule has 156 valence electrons. The zero-order chi connectivity index (χ0) is 21.5. The normalized spacial score (nSPS) is 18.8. The summed E-state index contributed by atoms with van der Waals surface area (Å²) in [7, 11) is 1.64. The number of aromatic nitrogens is 3. The highest BCUT2D eigenvalue weighted by molar-refractivity contribution is 6.31. The summed E-state index contributed by atoms with van der Waals surface area (Å²) >= 11 is 6.54. The Labute approximate surface area is 181 Å². The quantitative estimate of drug-likeness (QED) is 0.590. The predicted molar refractivity (Wildman–Crippen MR) is 117 cm³/mol. The van der Waals surface area contributed by atoms with E-state index in [4.69, 9.17) is 16.3 Å². The lowest BCUT2D eigenvalue weighted by Crippen LogP contribution is -2.47. The van der Waals surface area contributed by atoms with E-state index >= 15 is 0 Å². The van der Waals surface area contributed by atoms with E-state index in [1.54, 1.807) is 12.0 Å². The van der Waals surface area contributed by atoms with Crippen molar-refractivity contribution >= 4 is 23.5 Å². The number of methoxy groups -OCH3 is 1. The van der Waals surface area contributed by atoms with Crippen molar-refractivity contribution in [3.05, 3.63) is 71.0 Å². The van der Waals surface area contributed by atoms with Gasteiger partial charge >= 0.3 is 0 Å². The number of nitrogens with zero attached hydrogens (tertiary/aromatic N) is 4. The number of amides is 1. The summed E-state index contributed by atoms with van der Waals surface area (Å²) in [5.41, 5.74) is 1.41. The van der Waals surface area contributed by atoms with Gasteiger partial charge in [0.15, 0.2) is 0 Å². The molecule has 0 radical (unpaired) electrons. The molecular weight excluding hydrogens is 400 g/mol.